The van der Waals surface area contributed by atoms with Crippen LogP contribution in [0, 0.1) is 0 Å². The highest BCUT2D eigenvalue weighted by molar-refractivity contribution is 7.81. The van der Waals surface area contributed by atoms with Crippen molar-refractivity contribution in [2.75, 3.05) is 0 Å². The molecule has 0 aliphatic rings. The third kappa shape index (κ3) is 14.4. The van der Waals surface area contributed by atoms with Gasteiger partial charge in [-0.2, -0.15) is 12.6 Å². The number of carbonyl (C=O) groups is 2. The predicted molar refractivity (Wildman–Crippen MR) is 95.7 cm³/mol. The number of unbranched alkanes of at least 4 members (excludes halogenated alkanes) is 9. The molecule has 0 aliphatic carbocycles. The van der Waals surface area contributed by atoms with Crippen molar-refractivity contribution in [1.29, 1.82) is 0 Å². The van der Waals surface area contributed by atoms with E-state index in [0.29, 0.717) is 6.42 Å². The van der Waals surface area contributed by atoms with Crippen molar-refractivity contribution in [2.45, 2.75) is 102 Å². The Bertz CT molecular complexity index is 292. The van der Waals surface area contributed by atoms with Crippen LogP contribution in [0.25, 0.3) is 0 Å². The van der Waals surface area contributed by atoms with Gasteiger partial charge in [-0.15, -0.1) is 0 Å². The van der Waals surface area contributed by atoms with E-state index in [0.717, 1.165) is 44.9 Å². The van der Waals surface area contributed by atoms with Gasteiger partial charge >= 0.3 is 5.97 Å². The highest BCUT2D eigenvalue weighted by Crippen LogP contribution is 2.15. The van der Waals surface area contributed by atoms with Crippen molar-refractivity contribution in [2.24, 2.45) is 0 Å². The van der Waals surface area contributed by atoms with E-state index in [2.05, 4.69) is 19.6 Å². The molecular formula is C18H34O3S. The molecule has 0 saturated heterocycles. The van der Waals surface area contributed by atoms with Crippen molar-refractivity contribution in [3.05, 3.63) is 0 Å². The molecule has 0 heterocycles. The summed E-state index contributed by atoms with van der Waals surface area (Å²) in [5, 5.41) is 8.44. The highest BCUT2D eigenvalue weighted by atomic mass is 32.1. The molecule has 0 aliphatic heterocycles. The summed E-state index contributed by atoms with van der Waals surface area (Å²) in [5.41, 5.74) is 0. The van der Waals surface area contributed by atoms with Gasteiger partial charge in [0.1, 0.15) is 5.78 Å². The summed E-state index contributed by atoms with van der Waals surface area (Å²) in [4.78, 5) is 22.3. The molecule has 0 aromatic heterocycles. The zero-order valence-electron chi connectivity index (χ0n) is 14.2. The fraction of sp³-hybridized carbons (Fsp3) is 0.889. The number of aliphatic carboxylic acids is 1. The van der Waals surface area contributed by atoms with Crippen LogP contribution >= 0.6 is 12.6 Å². The lowest BCUT2D eigenvalue weighted by Gasteiger charge is -2.09. The van der Waals surface area contributed by atoms with Crippen LogP contribution in [0.5, 0.6) is 0 Å². The van der Waals surface area contributed by atoms with E-state index in [1.165, 1.54) is 32.1 Å². The number of carbonyl (C=O) groups excluding carboxylic acids is 1. The molecule has 1 unspecified atom stereocenters. The Morgan fingerprint density at radius 2 is 1.32 bits per heavy atom. The second kappa shape index (κ2) is 15.4. The van der Waals surface area contributed by atoms with E-state index in [-0.39, 0.29) is 17.5 Å². The second-order valence-corrected chi connectivity index (χ2v) is 6.82. The van der Waals surface area contributed by atoms with Gasteiger partial charge in [0.2, 0.25) is 0 Å². The predicted octanol–water partition coefficient (Wildman–Crippen LogP) is 5.42. The van der Waals surface area contributed by atoms with Crippen LogP contribution in [0.15, 0.2) is 0 Å². The third-order valence-electron chi connectivity index (χ3n) is 4.02. The molecule has 0 fully saturated rings. The molecule has 0 aromatic rings. The first kappa shape index (κ1) is 21.5. The summed E-state index contributed by atoms with van der Waals surface area (Å²) >= 11 is 4.43. The minimum absolute atomic E-state index is 0.0850. The zero-order valence-corrected chi connectivity index (χ0v) is 15.1. The number of ketones is 1. The number of hydrogen-bond acceptors (Lipinski definition) is 3. The van der Waals surface area contributed by atoms with Gasteiger partial charge in [-0.25, -0.2) is 0 Å². The lowest BCUT2D eigenvalue weighted by Crippen LogP contribution is -2.14. The third-order valence-corrected chi connectivity index (χ3v) is 4.56. The van der Waals surface area contributed by atoms with Crippen LogP contribution in [0.4, 0.5) is 0 Å². The quantitative estimate of drug-likeness (QED) is 0.293. The minimum atomic E-state index is -0.720. The van der Waals surface area contributed by atoms with Gasteiger partial charge in [0.15, 0.2) is 0 Å². The van der Waals surface area contributed by atoms with Crippen molar-refractivity contribution in [3.63, 3.8) is 0 Å². The maximum atomic E-state index is 11.9. The topological polar surface area (TPSA) is 54.4 Å². The van der Waals surface area contributed by atoms with Crippen molar-refractivity contribution in [3.8, 4) is 0 Å². The van der Waals surface area contributed by atoms with Gasteiger partial charge in [-0.1, -0.05) is 64.7 Å². The first-order chi connectivity index (χ1) is 10.6. The molecule has 1 N–H and O–H groups in total. The molecule has 0 saturated carbocycles. The standard InChI is InChI=1S/C18H34O3S/c1-2-3-4-5-8-11-14-17(22)16(19)13-10-7-6-9-12-15-18(20)21/h17,22H,2-15H2,1H3,(H,20,21). The van der Waals surface area contributed by atoms with Crippen LogP contribution in [0.1, 0.15) is 96.8 Å². The smallest absolute Gasteiger partial charge is 0.303 e. The summed E-state index contributed by atoms with van der Waals surface area (Å²) < 4.78 is 0. The van der Waals surface area contributed by atoms with Crippen molar-refractivity contribution < 1.29 is 14.7 Å². The summed E-state index contributed by atoms with van der Waals surface area (Å²) in [6, 6.07) is 0. The van der Waals surface area contributed by atoms with E-state index >= 15 is 0 Å². The Balaban J connectivity index is 3.40. The van der Waals surface area contributed by atoms with Gasteiger partial charge in [0.05, 0.1) is 5.25 Å². The molecule has 0 aromatic carbocycles. The summed E-state index contributed by atoms with van der Waals surface area (Å²) in [5.74, 6) is -0.440. The summed E-state index contributed by atoms with van der Waals surface area (Å²) in [7, 11) is 0. The Labute approximate surface area is 141 Å². The Morgan fingerprint density at radius 3 is 1.91 bits per heavy atom. The number of carboxylic acid groups (broad SMARTS) is 1. The molecule has 1 atom stereocenters. The molecule has 22 heavy (non-hydrogen) atoms. The second-order valence-electron chi connectivity index (χ2n) is 6.20. The monoisotopic (exact) mass is 330 g/mol. The van der Waals surface area contributed by atoms with Gasteiger partial charge in [-0.05, 0) is 19.3 Å². The Kier molecular flexibility index (Phi) is 15.0. The maximum Gasteiger partial charge on any atom is 0.303 e. The fourth-order valence-corrected chi connectivity index (χ4v) is 2.86. The van der Waals surface area contributed by atoms with Crippen LogP contribution in [0.3, 0.4) is 0 Å². The Morgan fingerprint density at radius 1 is 0.818 bits per heavy atom. The van der Waals surface area contributed by atoms with Crippen LogP contribution in [0.2, 0.25) is 0 Å². The number of thiol groups is 1. The lowest BCUT2D eigenvalue weighted by atomic mass is 10.0. The van der Waals surface area contributed by atoms with E-state index in [9.17, 15) is 9.59 Å². The Hall–Kier alpha value is -0.510. The molecule has 3 nitrogen and oxygen atoms in total. The van der Waals surface area contributed by atoms with Crippen molar-refractivity contribution in [1.82, 2.24) is 0 Å². The van der Waals surface area contributed by atoms with Gasteiger partial charge in [0.25, 0.3) is 0 Å². The van der Waals surface area contributed by atoms with Crippen molar-refractivity contribution >= 4 is 24.4 Å². The largest absolute Gasteiger partial charge is 0.481 e. The van der Waals surface area contributed by atoms with Gasteiger partial charge < -0.3 is 5.11 Å². The first-order valence-corrected chi connectivity index (χ1v) is 9.52. The normalized spacial score (nSPS) is 12.3. The van der Waals surface area contributed by atoms with Gasteiger partial charge in [0, 0.05) is 12.8 Å². The SMILES string of the molecule is CCCCCCCCC(S)C(=O)CCCCCCCC(=O)O. The molecule has 0 rings (SSSR count). The van der Waals surface area contributed by atoms with Gasteiger partial charge in [-0.3, -0.25) is 9.59 Å². The van der Waals surface area contributed by atoms with E-state index in [1.807, 2.05) is 0 Å². The molecule has 0 bridgehead atoms. The summed E-state index contributed by atoms with van der Waals surface area (Å²) in [6.07, 6.45) is 13.9. The number of rotatable bonds is 16. The first-order valence-electron chi connectivity index (χ1n) is 9.00. The molecule has 0 amide bonds. The highest BCUT2D eigenvalue weighted by Gasteiger charge is 2.12. The van der Waals surface area contributed by atoms with Crippen LogP contribution in [-0.2, 0) is 9.59 Å². The number of Topliss-reactive ketones (excluding diaryl/α,β-unsaturated/α-hetero) is 1. The van der Waals surface area contributed by atoms with E-state index in [4.69, 9.17) is 5.11 Å². The average Bonchev–Trinajstić information content (AvgIpc) is 2.49. The van der Waals surface area contributed by atoms with E-state index < -0.39 is 5.97 Å². The van der Waals surface area contributed by atoms with Crippen LogP contribution < -0.4 is 0 Å². The zero-order chi connectivity index (χ0) is 16.6. The van der Waals surface area contributed by atoms with Crippen LogP contribution in [-0.4, -0.2) is 22.1 Å². The molecule has 0 radical (unpaired) electrons. The fourth-order valence-electron chi connectivity index (χ4n) is 2.55. The molecule has 0 spiro atoms. The lowest BCUT2D eigenvalue weighted by molar-refractivity contribution is -0.137. The maximum absolute atomic E-state index is 11.9. The molecule has 130 valence electrons. The minimum Gasteiger partial charge on any atom is -0.481 e. The molecule has 4 heteroatoms. The number of hydrogen-bond donors (Lipinski definition) is 2. The molecular weight excluding hydrogens is 296 g/mol. The number of carboxylic acids is 1. The van der Waals surface area contributed by atoms with E-state index in [1.54, 1.807) is 0 Å². The summed E-state index contributed by atoms with van der Waals surface area (Å²) in [6.45, 7) is 2.22. The average molecular weight is 331 g/mol.